The molecule has 1 atom stereocenters. The van der Waals surface area contributed by atoms with E-state index in [4.69, 9.17) is 4.42 Å². The second-order valence-corrected chi connectivity index (χ2v) is 7.21. The summed E-state index contributed by atoms with van der Waals surface area (Å²) in [7, 11) is 0. The molecule has 31 heavy (non-hydrogen) atoms. The fraction of sp³-hybridized carbons (Fsp3) is 0.286. The zero-order valence-corrected chi connectivity index (χ0v) is 16.8. The van der Waals surface area contributed by atoms with Crippen LogP contribution in [0.4, 0.5) is 0 Å². The number of likely N-dealkylation sites (tertiary alicyclic amines) is 1. The molecular weight excluding hydrogens is 402 g/mol. The lowest BCUT2D eigenvalue weighted by atomic mass is 10.1. The minimum Gasteiger partial charge on any atom is -0.467 e. The number of aromatic nitrogens is 2. The van der Waals surface area contributed by atoms with Crippen molar-refractivity contribution in [1.29, 1.82) is 0 Å². The number of carbonyl (C=O) groups is 3. The highest BCUT2D eigenvalue weighted by Crippen LogP contribution is 2.20. The third kappa shape index (κ3) is 4.04. The monoisotopic (exact) mass is 423 g/mol. The van der Waals surface area contributed by atoms with Gasteiger partial charge in [-0.2, -0.15) is 5.10 Å². The Hall–Kier alpha value is -3.95. The van der Waals surface area contributed by atoms with E-state index < -0.39 is 17.7 Å². The number of amides is 3. The van der Waals surface area contributed by atoms with Crippen LogP contribution in [-0.4, -0.2) is 38.9 Å². The molecule has 0 saturated carbocycles. The van der Waals surface area contributed by atoms with Gasteiger partial charge in [-0.1, -0.05) is 18.2 Å². The zero-order valence-electron chi connectivity index (χ0n) is 16.8. The number of carbonyl (C=O) groups excluding carboxylic acids is 3. The summed E-state index contributed by atoms with van der Waals surface area (Å²) in [6.07, 6.45) is 1.57. The van der Waals surface area contributed by atoms with Gasteiger partial charge < -0.3 is 9.32 Å². The Kier molecular flexibility index (Phi) is 5.52. The molecule has 3 heterocycles. The van der Waals surface area contributed by atoms with E-state index >= 15 is 0 Å². The zero-order chi connectivity index (χ0) is 22.0. The molecule has 10 heteroatoms. The van der Waals surface area contributed by atoms with Gasteiger partial charge in [0.15, 0.2) is 5.69 Å². The summed E-state index contributed by atoms with van der Waals surface area (Å²) < 4.78 is 6.44. The molecule has 2 aromatic heterocycles. The molecule has 3 aromatic rings. The van der Waals surface area contributed by atoms with Gasteiger partial charge in [0.2, 0.25) is 11.8 Å². The van der Waals surface area contributed by atoms with Crippen LogP contribution in [0.2, 0.25) is 0 Å². The topological polar surface area (TPSA) is 127 Å². The molecule has 160 valence electrons. The van der Waals surface area contributed by atoms with E-state index in [0.717, 1.165) is 0 Å². The maximum Gasteiger partial charge on any atom is 0.290 e. The molecule has 1 aromatic carbocycles. The van der Waals surface area contributed by atoms with Crippen molar-refractivity contribution in [3.8, 4) is 0 Å². The highest BCUT2D eigenvalue weighted by Gasteiger charge is 2.35. The Morgan fingerprint density at radius 2 is 1.90 bits per heavy atom. The standard InChI is InChI=1S/C21H21N5O5/c1-2-26-21(30)16-8-4-3-7-15(16)18(24-26)20(29)23-22-19(28)13-10-17(27)25(11-13)12-14-6-5-9-31-14/h3-9,13H,2,10-12H2,1H3,(H,22,28)(H,23,29). The fourth-order valence-corrected chi connectivity index (χ4v) is 3.59. The summed E-state index contributed by atoms with van der Waals surface area (Å²) in [6, 6.07) is 10.1. The summed E-state index contributed by atoms with van der Waals surface area (Å²) in [5, 5.41) is 4.89. The van der Waals surface area contributed by atoms with Crippen molar-refractivity contribution in [2.75, 3.05) is 6.54 Å². The van der Waals surface area contributed by atoms with Crippen molar-refractivity contribution < 1.29 is 18.8 Å². The number of benzene rings is 1. The van der Waals surface area contributed by atoms with E-state index in [0.29, 0.717) is 23.1 Å². The summed E-state index contributed by atoms with van der Waals surface area (Å²) >= 11 is 0. The van der Waals surface area contributed by atoms with Crippen LogP contribution in [0.5, 0.6) is 0 Å². The second-order valence-electron chi connectivity index (χ2n) is 7.21. The fourth-order valence-electron chi connectivity index (χ4n) is 3.59. The maximum atomic E-state index is 12.7. The Bertz CT molecular complexity index is 1200. The first-order valence-electron chi connectivity index (χ1n) is 9.88. The van der Waals surface area contributed by atoms with E-state index in [1.807, 2.05) is 0 Å². The largest absolute Gasteiger partial charge is 0.467 e. The van der Waals surface area contributed by atoms with Gasteiger partial charge in [-0.3, -0.25) is 30.0 Å². The van der Waals surface area contributed by atoms with Gasteiger partial charge in [0.25, 0.3) is 11.5 Å². The van der Waals surface area contributed by atoms with Crippen LogP contribution in [0.1, 0.15) is 29.6 Å². The first-order valence-corrected chi connectivity index (χ1v) is 9.88. The first-order chi connectivity index (χ1) is 15.0. The number of fused-ring (bicyclic) bond motifs is 1. The lowest BCUT2D eigenvalue weighted by molar-refractivity contribution is -0.129. The number of hydrogen-bond donors (Lipinski definition) is 2. The van der Waals surface area contributed by atoms with Crippen LogP contribution in [0.3, 0.4) is 0 Å². The highest BCUT2D eigenvalue weighted by molar-refractivity contribution is 6.05. The van der Waals surface area contributed by atoms with Crippen LogP contribution in [0.15, 0.2) is 51.9 Å². The minimum atomic E-state index is -0.650. The average molecular weight is 423 g/mol. The quantitative estimate of drug-likeness (QED) is 0.585. The van der Waals surface area contributed by atoms with E-state index in [1.165, 1.54) is 15.8 Å². The van der Waals surface area contributed by atoms with Crippen LogP contribution < -0.4 is 16.4 Å². The Balaban J connectivity index is 1.43. The van der Waals surface area contributed by atoms with Gasteiger partial charge in [0.05, 0.1) is 24.1 Å². The molecule has 0 aliphatic carbocycles. The number of nitrogens with zero attached hydrogens (tertiary/aromatic N) is 3. The predicted octanol–water partition coefficient (Wildman–Crippen LogP) is 0.819. The number of hydrazine groups is 1. The van der Waals surface area contributed by atoms with Gasteiger partial charge in [-0.25, -0.2) is 4.68 Å². The molecule has 4 rings (SSSR count). The number of rotatable bonds is 5. The van der Waals surface area contributed by atoms with Gasteiger partial charge in [-0.05, 0) is 25.1 Å². The highest BCUT2D eigenvalue weighted by atomic mass is 16.3. The molecular formula is C21H21N5O5. The van der Waals surface area contributed by atoms with E-state index in [1.54, 1.807) is 43.3 Å². The SMILES string of the molecule is CCn1nc(C(=O)NNC(=O)C2CC(=O)N(Cc3ccco3)C2)c2ccccc2c1=O. The number of hydrogen-bond acceptors (Lipinski definition) is 6. The van der Waals surface area contributed by atoms with Gasteiger partial charge >= 0.3 is 0 Å². The normalized spacial score (nSPS) is 16.0. The van der Waals surface area contributed by atoms with Gasteiger partial charge in [0.1, 0.15) is 5.76 Å². The molecule has 10 nitrogen and oxygen atoms in total. The number of furan rings is 1. The molecule has 0 bridgehead atoms. The molecule has 0 spiro atoms. The summed E-state index contributed by atoms with van der Waals surface area (Å²) in [5.41, 5.74) is 4.46. The Labute approximate surface area is 176 Å². The van der Waals surface area contributed by atoms with Crippen LogP contribution in [-0.2, 0) is 22.7 Å². The third-order valence-corrected chi connectivity index (χ3v) is 5.19. The van der Waals surface area contributed by atoms with Crippen molar-refractivity contribution >= 4 is 28.5 Å². The van der Waals surface area contributed by atoms with Crippen molar-refractivity contribution in [2.24, 2.45) is 5.92 Å². The lowest BCUT2D eigenvalue weighted by Gasteiger charge is -2.15. The maximum absolute atomic E-state index is 12.7. The minimum absolute atomic E-state index is 0.0271. The summed E-state index contributed by atoms with van der Waals surface area (Å²) in [6.45, 7) is 2.56. The molecule has 1 fully saturated rings. The lowest BCUT2D eigenvalue weighted by Crippen LogP contribution is -2.45. The Morgan fingerprint density at radius 3 is 2.61 bits per heavy atom. The third-order valence-electron chi connectivity index (χ3n) is 5.19. The molecule has 0 radical (unpaired) electrons. The molecule has 2 N–H and O–H groups in total. The van der Waals surface area contributed by atoms with Gasteiger partial charge in [0, 0.05) is 24.9 Å². The number of aryl methyl sites for hydroxylation is 1. The average Bonchev–Trinajstić information content (AvgIpc) is 3.42. The van der Waals surface area contributed by atoms with Crippen molar-refractivity contribution in [3.63, 3.8) is 0 Å². The smallest absolute Gasteiger partial charge is 0.290 e. The number of nitrogens with one attached hydrogen (secondary N) is 2. The van der Waals surface area contributed by atoms with E-state index in [-0.39, 0.29) is 36.7 Å². The molecule has 3 amide bonds. The molecule has 1 aliphatic rings. The second kappa shape index (κ2) is 8.42. The summed E-state index contributed by atoms with van der Waals surface area (Å²) in [5.74, 6) is -1.25. The predicted molar refractivity (Wildman–Crippen MR) is 110 cm³/mol. The van der Waals surface area contributed by atoms with Crippen molar-refractivity contribution in [2.45, 2.75) is 26.4 Å². The van der Waals surface area contributed by atoms with Crippen LogP contribution in [0.25, 0.3) is 10.8 Å². The molecule has 1 aliphatic heterocycles. The van der Waals surface area contributed by atoms with Crippen molar-refractivity contribution in [1.82, 2.24) is 25.5 Å². The van der Waals surface area contributed by atoms with E-state index in [9.17, 15) is 19.2 Å². The first kappa shape index (κ1) is 20.3. The molecule has 1 saturated heterocycles. The van der Waals surface area contributed by atoms with E-state index in [2.05, 4.69) is 16.0 Å². The Morgan fingerprint density at radius 1 is 1.13 bits per heavy atom. The van der Waals surface area contributed by atoms with Crippen LogP contribution in [0, 0.1) is 5.92 Å². The molecule has 1 unspecified atom stereocenters. The van der Waals surface area contributed by atoms with Gasteiger partial charge in [-0.15, -0.1) is 0 Å². The van der Waals surface area contributed by atoms with Crippen molar-refractivity contribution in [3.05, 3.63) is 64.5 Å². The van der Waals surface area contributed by atoms with Crippen LogP contribution >= 0.6 is 0 Å². The summed E-state index contributed by atoms with van der Waals surface area (Å²) in [4.78, 5) is 51.4.